The van der Waals surface area contributed by atoms with Gasteiger partial charge in [0, 0.05) is 25.6 Å². The van der Waals surface area contributed by atoms with Crippen molar-refractivity contribution in [3.05, 3.63) is 46.7 Å². The summed E-state index contributed by atoms with van der Waals surface area (Å²) in [6.07, 6.45) is 2.76. The summed E-state index contributed by atoms with van der Waals surface area (Å²) in [6, 6.07) is 10.7. The van der Waals surface area contributed by atoms with Gasteiger partial charge in [-0.3, -0.25) is 9.59 Å². The van der Waals surface area contributed by atoms with Crippen LogP contribution in [0.25, 0.3) is 11.1 Å². The Bertz CT molecular complexity index is 799. The first-order valence-corrected chi connectivity index (χ1v) is 11.1. The van der Waals surface area contributed by atoms with Crippen molar-refractivity contribution in [2.24, 2.45) is 5.41 Å². The summed E-state index contributed by atoms with van der Waals surface area (Å²) >= 11 is 1.69. The van der Waals surface area contributed by atoms with Crippen molar-refractivity contribution < 1.29 is 9.59 Å². The predicted octanol–water partition coefficient (Wildman–Crippen LogP) is 4.50. The molecule has 1 aromatic carbocycles. The maximum Gasteiger partial charge on any atom is 0.228 e. The summed E-state index contributed by atoms with van der Waals surface area (Å²) < 4.78 is 0. The lowest BCUT2D eigenvalue weighted by Gasteiger charge is -2.29. The number of nitrogens with one attached hydrogen (secondary N) is 1. The molecule has 1 aliphatic heterocycles. The lowest BCUT2D eigenvalue weighted by Crippen LogP contribution is -2.47. The predicted molar refractivity (Wildman–Crippen MR) is 115 cm³/mol. The average Bonchev–Trinajstić information content (AvgIpc) is 3.33. The summed E-state index contributed by atoms with van der Waals surface area (Å²) in [4.78, 5) is 27.4. The highest BCUT2D eigenvalue weighted by Crippen LogP contribution is 2.36. The number of carbonyl (C=O) groups excluding carboxylic acids is 2. The Morgan fingerprint density at radius 2 is 1.93 bits per heavy atom. The standard InChI is InChI=1S/C23H30N2O2S/c1-4-5-21(26)25-12-11-23(16-25,22(27)24-17(2)3)14-18-6-8-19(9-7-18)20-10-13-28-15-20/h6-10,13,15,17H,4-5,11-12,14,16H2,1-3H3,(H,24,27)/t23-/m0/s1. The maximum absolute atomic E-state index is 13.1. The van der Waals surface area contributed by atoms with Crippen LogP contribution in [0.2, 0.25) is 0 Å². The number of amides is 2. The van der Waals surface area contributed by atoms with Crippen LogP contribution in [0.1, 0.15) is 45.6 Å². The van der Waals surface area contributed by atoms with Gasteiger partial charge in [0.15, 0.2) is 0 Å². The van der Waals surface area contributed by atoms with Crippen molar-refractivity contribution >= 4 is 23.2 Å². The van der Waals surface area contributed by atoms with E-state index in [1.54, 1.807) is 11.3 Å². The Hall–Kier alpha value is -2.14. The average molecular weight is 399 g/mol. The maximum atomic E-state index is 13.1. The van der Waals surface area contributed by atoms with Crippen molar-refractivity contribution in [2.75, 3.05) is 13.1 Å². The first-order valence-electron chi connectivity index (χ1n) is 10.1. The highest BCUT2D eigenvalue weighted by atomic mass is 32.1. The molecule has 1 aromatic heterocycles. The zero-order valence-electron chi connectivity index (χ0n) is 17.0. The van der Waals surface area contributed by atoms with Crippen LogP contribution in [0.15, 0.2) is 41.1 Å². The minimum atomic E-state index is -0.544. The van der Waals surface area contributed by atoms with Gasteiger partial charge < -0.3 is 10.2 Å². The molecule has 4 nitrogen and oxygen atoms in total. The Morgan fingerprint density at radius 1 is 1.18 bits per heavy atom. The van der Waals surface area contributed by atoms with Crippen LogP contribution >= 0.6 is 11.3 Å². The Kier molecular flexibility index (Phi) is 6.55. The molecule has 2 heterocycles. The molecule has 5 heteroatoms. The van der Waals surface area contributed by atoms with Crippen molar-refractivity contribution in [1.82, 2.24) is 10.2 Å². The number of carbonyl (C=O) groups is 2. The number of benzene rings is 1. The van der Waals surface area contributed by atoms with Gasteiger partial charge in [0.05, 0.1) is 5.41 Å². The highest BCUT2D eigenvalue weighted by Gasteiger charge is 2.45. The van der Waals surface area contributed by atoms with E-state index < -0.39 is 5.41 Å². The molecule has 0 saturated carbocycles. The van der Waals surface area contributed by atoms with Crippen molar-refractivity contribution in [3.8, 4) is 11.1 Å². The van der Waals surface area contributed by atoms with E-state index in [4.69, 9.17) is 0 Å². The van der Waals surface area contributed by atoms with E-state index in [2.05, 4.69) is 46.4 Å². The molecular formula is C23H30N2O2S. The number of likely N-dealkylation sites (tertiary alicyclic amines) is 1. The lowest BCUT2D eigenvalue weighted by atomic mass is 9.79. The molecule has 0 radical (unpaired) electrons. The first kappa shape index (κ1) is 20.6. The molecule has 1 saturated heterocycles. The molecule has 0 unspecified atom stereocenters. The van der Waals surface area contributed by atoms with E-state index in [1.807, 2.05) is 25.7 Å². The number of nitrogens with zero attached hydrogens (tertiary/aromatic N) is 1. The van der Waals surface area contributed by atoms with E-state index in [0.717, 1.165) is 12.0 Å². The second-order valence-corrected chi connectivity index (χ2v) is 8.89. The molecular weight excluding hydrogens is 368 g/mol. The third-order valence-corrected chi connectivity index (χ3v) is 6.11. The smallest absolute Gasteiger partial charge is 0.228 e. The third-order valence-electron chi connectivity index (χ3n) is 5.42. The molecule has 0 bridgehead atoms. The van der Waals surface area contributed by atoms with Crippen LogP contribution < -0.4 is 5.32 Å². The molecule has 1 atom stereocenters. The minimum absolute atomic E-state index is 0.0659. The minimum Gasteiger partial charge on any atom is -0.353 e. The zero-order valence-corrected chi connectivity index (χ0v) is 17.8. The van der Waals surface area contributed by atoms with Crippen LogP contribution in [0.5, 0.6) is 0 Å². The first-order chi connectivity index (χ1) is 13.4. The molecule has 1 aliphatic rings. The summed E-state index contributed by atoms with van der Waals surface area (Å²) in [7, 11) is 0. The van der Waals surface area contributed by atoms with Gasteiger partial charge in [-0.15, -0.1) is 0 Å². The van der Waals surface area contributed by atoms with Crippen LogP contribution in [0, 0.1) is 5.41 Å². The molecule has 28 heavy (non-hydrogen) atoms. The van der Waals surface area contributed by atoms with Gasteiger partial charge in [0.1, 0.15) is 0 Å². The molecule has 2 amide bonds. The topological polar surface area (TPSA) is 49.4 Å². The third kappa shape index (κ3) is 4.64. The molecule has 0 spiro atoms. The van der Waals surface area contributed by atoms with E-state index in [-0.39, 0.29) is 17.9 Å². The van der Waals surface area contributed by atoms with Crippen LogP contribution in [0.3, 0.4) is 0 Å². The number of hydrogen-bond donors (Lipinski definition) is 1. The van der Waals surface area contributed by atoms with Gasteiger partial charge >= 0.3 is 0 Å². The quantitative estimate of drug-likeness (QED) is 0.746. The molecule has 150 valence electrons. The zero-order chi connectivity index (χ0) is 20.1. The largest absolute Gasteiger partial charge is 0.353 e. The number of rotatable bonds is 7. The fraction of sp³-hybridized carbons (Fsp3) is 0.478. The Labute approximate surface area is 172 Å². The van der Waals surface area contributed by atoms with E-state index in [9.17, 15) is 9.59 Å². The Morgan fingerprint density at radius 3 is 2.54 bits per heavy atom. The van der Waals surface area contributed by atoms with Crippen molar-refractivity contribution in [2.45, 2.75) is 52.5 Å². The van der Waals surface area contributed by atoms with E-state index >= 15 is 0 Å². The van der Waals surface area contributed by atoms with Gasteiger partial charge in [-0.05, 0) is 66.6 Å². The van der Waals surface area contributed by atoms with Gasteiger partial charge in [-0.1, -0.05) is 31.2 Å². The summed E-state index contributed by atoms with van der Waals surface area (Å²) in [5, 5.41) is 7.31. The number of thiophene rings is 1. The summed E-state index contributed by atoms with van der Waals surface area (Å²) in [6.45, 7) is 7.15. The van der Waals surface area contributed by atoms with Gasteiger partial charge in [-0.25, -0.2) is 0 Å². The SMILES string of the molecule is CCCC(=O)N1CC[C@@](Cc2ccc(-c3ccsc3)cc2)(C(=O)NC(C)C)C1. The molecule has 3 rings (SSSR count). The molecule has 1 fully saturated rings. The normalized spacial score (nSPS) is 19.2. The summed E-state index contributed by atoms with van der Waals surface area (Å²) in [5.41, 5.74) is 3.01. The number of hydrogen-bond acceptors (Lipinski definition) is 3. The van der Waals surface area contributed by atoms with Gasteiger partial charge in [-0.2, -0.15) is 11.3 Å². The van der Waals surface area contributed by atoms with Gasteiger partial charge in [0.2, 0.25) is 11.8 Å². The fourth-order valence-corrected chi connectivity index (χ4v) is 4.58. The highest BCUT2D eigenvalue weighted by molar-refractivity contribution is 7.08. The van der Waals surface area contributed by atoms with E-state index in [0.29, 0.717) is 32.4 Å². The monoisotopic (exact) mass is 398 g/mol. The molecule has 0 aliphatic carbocycles. The summed E-state index contributed by atoms with van der Waals surface area (Å²) in [5.74, 6) is 0.228. The van der Waals surface area contributed by atoms with Crippen LogP contribution in [-0.4, -0.2) is 35.8 Å². The molecule has 1 N–H and O–H groups in total. The second kappa shape index (κ2) is 8.91. The van der Waals surface area contributed by atoms with Crippen LogP contribution in [-0.2, 0) is 16.0 Å². The Balaban J connectivity index is 1.80. The van der Waals surface area contributed by atoms with Crippen LogP contribution in [0.4, 0.5) is 0 Å². The lowest BCUT2D eigenvalue weighted by molar-refractivity contribution is -0.133. The van der Waals surface area contributed by atoms with E-state index in [1.165, 1.54) is 11.1 Å². The second-order valence-electron chi connectivity index (χ2n) is 8.11. The molecule has 2 aromatic rings. The van der Waals surface area contributed by atoms with Gasteiger partial charge in [0.25, 0.3) is 0 Å². The fourth-order valence-electron chi connectivity index (χ4n) is 3.92. The van der Waals surface area contributed by atoms with Crippen molar-refractivity contribution in [1.29, 1.82) is 0 Å². The van der Waals surface area contributed by atoms with Crippen molar-refractivity contribution in [3.63, 3.8) is 0 Å².